The van der Waals surface area contributed by atoms with Crippen molar-refractivity contribution in [2.45, 2.75) is 6.42 Å². The summed E-state index contributed by atoms with van der Waals surface area (Å²) in [7, 11) is -6.00. The standard InChI is InChI=1S/C6H2.3CO.BF4.Fe/c1-2-4-6-5-3-1;3*1-2;2-1(3,4)5;/h1H2;;;;;/q-1;;;;-1;+2. The Morgan fingerprint density at radius 1 is 0.833 bits per heavy atom. The third-order valence-corrected chi connectivity index (χ3v) is 0.479. The monoisotopic (exact) mass is 301 g/mol. The van der Waals surface area contributed by atoms with Crippen molar-refractivity contribution in [2.75, 3.05) is 0 Å². The molecule has 95 valence electrons. The molecule has 0 bridgehead atoms. The first-order valence-corrected chi connectivity index (χ1v) is 3.19. The van der Waals surface area contributed by atoms with Gasteiger partial charge in [0.1, 0.15) is 0 Å². The summed E-state index contributed by atoms with van der Waals surface area (Å²) < 4.78 is 61.5. The third-order valence-electron chi connectivity index (χ3n) is 0.479. The van der Waals surface area contributed by atoms with Crippen molar-refractivity contribution in [3.63, 3.8) is 0 Å². The molecule has 0 aromatic heterocycles. The van der Waals surface area contributed by atoms with Crippen molar-refractivity contribution >= 4 is 7.25 Å². The molecule has 1 aliphatic carbocycles. The van der Waals surface area contributed by atoms with Gasteiger partial charge in [0.15, 0.2) is 0 Å². The van der Waals surface area contributed by atoms with Crippen molar-refractivity contribution in [1.29, 1.82) is 0 Å². The van der Waals surface area contributed by atoms with Crippen LogP contribution in [-0.2, 0) is 31.0 Å². The van der Waals surface area contributed by atoms with E-state index in [9.17, 15) is 17.3 Å². The number of hydrogen-bond donors (Lipinski definition) is 0. The second-order valence-electron chi connectivity index (χ2n) is 1.40. The van der Waals surface area contributed by atoms with E-state index in [2.05, 4.69) is 50.1 Å². The topological polar surface area (TPSA) is 59.7 Å². The number of hydrogen-bond acceptors (Lipinski definition) is 0. The van der Waals surface area contributed by atoms with E-state index in [1.807, 2.05) is 0 Å². The van der Waals surface area contributed by atoms with Gasteiger partial charge >= 0.3 is 58.2 Å². The molecule has 0 heterocycles. The molecule has 0 aromatic carbocycles. The van der Waals surface area contributed by atoms with Gasteiger partial charge in [0.25, 0.3) is 0 Å². The van der Waals surface area contributed by atoms with Crippen LogP contribution in [-0.4, -0.2) is 7.25 Å². The molecular weight excluding hydrogens is 299 g/mol. The van der Waals surface area contributed by atoms with E-state index in [4.69, 9.17) is 14.0 Å². The van der Waals surface area contributed by atoms with Gasteiger partial charge in [0.2, 0.25) is 0 Å². The number of rotatable bonds is 0. The maximum absolute atomic E-state index is 9.75. The zero-order valence-electron chi connectivity index (χ0n) is 8.37. The average molecular weight is 301 g/mol. The molecule has 18 heavy (non-hydrogen) atoms. The van der Waals surface area contributed by atoms with Crippen molar-refractivity contribution in [1.82, 2.24) is 0 Å². The van der Waals surface area contributed by atoms with Gasteiger partial charge < -0.3 is 17.3 Å². The van der Waals surface area contributed by atoms with E-state index in [1.165, 1.54) is 0 Å². The van der Waals surface area contributed by atoms with E-state index >= 15 is 0 Å². The molecule has 0 saturated heterocycles. The van der Waals surface area contributed by atoms with Crippen molar-refractivity contribution in [3.8, 4) is 23.7 Å². The molecule has 0 N–H and O–H groups in total. The molecule has 0 unspecified atom stereocenters. The molecule has 1 rings (SSSR count). The Hall–Kier alpha value is -1.49. The summed E-state index contributed by atoms with van der Waals surface area (Å²) in [6, 6.07) is 0. The summed E-state index contributed by atoms with van der Waals surface area (Å²) in [5, 5.41) is 0. The Balaban J connectivity index is -0.0000000431. The Morgan fingerprint density at radius 2 is 1.06 bits per heavy atom. The van der Waals surface area contributed by atoms with Gasteiger partial charge in [-0.05, 0) is 6.42 Å². The minimum atomic E-state index is -6.00. The summed E-state index contributed by atoms with van der Waals surface area (Å²) in [6.45, 7) is 13.5. The largest absolute Gasteiger partial charge is 2.00 e. The minimum absolute atomic E-state index is 0. The van der Waals surface area contributed by atoms with Gasteiger partial charge in [-0.2, -0.15) is 0 Å². The summed E-state index contributed by atoms with van der Waals surface area (Å²) in [6.07, 6.45) is 3.28. The number of halogens is 4. The van der Waals surface area contributed by atoms with Gasteiger partial charge in [-0.3, -0.25) is 11.8 Å². The second kappa shape index (κ2) is 29.6. The summed E-state index contributed by atoms with van der Waals surface area (Å²) in [5.41, 5.74) is 0. The van der Waals surface area contributed by atoms with E-state index in [-0.39, 0.29) is 17.1 Å². The molecule has 0 fully saturated rings. The first-order chi connectivity index (χ1) is 8.00. The molecule has 0 spiro atoms. The fourth-order valence-electron chi connectivity index (χ4n) is 0.252. The zero-order chi connectivity index (χ0) is 14.7. The molecule has 3 nitrogen and oxygen atoms in total. The fraction of sp³-hybridized carbons (Fsp3) is 0.111. The minimum Gasteiger partial charge on any atom is 2.00 e. The van der Waals surface area contributed by atoms with Crippen LogP contribution in [0.15, 0.2) is 0 Å². The van der Waals surface area contributed by atoms with Gasteiger partial charge in [0.05, 0.1) is 0 Å². The Labute approximate surface area is 112 Å². The molecule has 1 radical (unpaired) electrons. The van der Waals surface area contributed by atoms with Gasteiger partial charge in [-0.1, -0.05) is 6.42 Å². The molecule has 0 amide bonds. The SMILES string of the molecule is C1#CCC#C[C-]1.F[B-](F)(F)F.[C-]#[O+].[C-]#[O+].[C-]#[O+].[Fe+2]. The summed E-state index contributed by atoms with van der Waals surface area (Å²) in [4.78, 5) is 0. The van der Waals surface area contributed by atoms with Crippen LogP contribution in [0, 0.1) is 50.1 Å². The van der Waals surface area contributed by atoms with Crippen LogP contribution < -0.4 is 0 Å². The van der Waals surface area contributed by atoms with E-state index in [0.29, 0.717) is 6.42 Å². The van der Waals surface area contributed by atoms with E-state index in [0.717, 1.165) is 0 Å². The van der Waals surface area contributed by atoms with Crippen LogP contribution >= 0.6 is 0 Å². The Bertz CT molecular complexity index is 288. The molecular formula is C9H2BF4FeO3. The van der Waals surface area contributed by atoms with Crippen molar-refractivity contribution in [2.24, 2.45) is 0 Å². The molecule has 0 aromatic rings. The van der Waals surface area contributed by atoms with Crippen LogP contribution in [0.4, 0.5) is 17.3 Å². The maximum Gasteiger partial charge on any atom is 2.00 e. The fourth-order valence-corrected chi connectivity index (χ4v) is 0.252. The molecule has 9 heteroatoms. The average Bonchev–Trinajstić information content (AvgIpc) is 2.37. The molecule has 0 atom stereocenters. The summed E-state index contributed by atoms with van der Waals surface area (Å²) in [5.74, 6) is 10.7. The molecule has 1 aliphatic rings. The molecule has 0 saturated carbocycles. The third kappa shape index (κ3) is 130. The van der Waals surface area contributed by atoms with Crippen molar-refractivity contribution in [3.05, 3.63) is 26.4 Å². The van der Waals surface area contributed by atoms with Crippen LogP contribution in [0.2, 0.25) is 0 Å². The predicted molar refractivity (Wildman–Crippen MR) is 45.4 cm³/mol. The quantitative estimate of drug-likeness (QED) is 0.215. The van der Waals surface area contributed by atoms with Crippen LogP contribution in [0.1, 0.15) is 6.42 Å². The van der Waals surface area contributed by atoms with Gasteiger partial charge in [-0.15, -0.1) is 0 Å². The van der Waals surface area contributed by atoms with E-state index < -0.39 is 7.25 Å². The first kappa shape index (κ1) is 30.0. The predicted octanol–water partition coefficient (Wildman–Crippen LogP) is 1.66. The van der Waals surface area contributed by atoms with Crippen LogP contribution in [0.5, 0.6) is 0 Å². The normalized spacial score (nSPS) is 7.67. The first-order valence-electron chi connectivity index (χ1n) is 3.19. The van der Waals surface area contributed by atoms with Gasteiger partial charge in [0, 0.05) is 0 Å². The summed E-state index contributed by atoms with van der Waals surface area (Å²) >= 11 is 0. The second-order valence-corrected chi connectivity index (χ2v) is 1.40. The van der Waals surface area contributed by atoms with E-state index in [1.54, 1.807) is 0 Å². The Morgan fingerprint density at radius 3 is 1.11 bits per heavy atom. The van der Waals surface area contributed by atoms with Gasteiger partial charge in [-0.25, -0.2) is 11.8 Å². The zero-order valence-corrected chi connectivity index (χ0v) is 9.48. The van der Waals surface area contributed by atoms with Crippen molar-refractivity contribution < 1.29 is 48.3 Å². The Kier molecular flexibility index (Phi) is 49.2. The maximum atomic E-state index is 9.75. The smallest absolute Gasteiger partial charge is 2.00 e. The van der Waals surface area contributed by atoms with Crippen LogP contribution in [0.3, 0.4) is 0 Å². The molecule has 0 aliphatic heterocycles. The van der Waals surface area contributed by atoms with Crippen LogP contribution in [0.25, 0.3) is 0 Å².